The Bertz CT molecular complexity index is 903. The van der Waals surface area contributed by atoms with Crippen LogP contribution in [-0.4, -0.2) is 79.3 Å². The predicted molar refractivity (Wildman–Crippen MR) is 131 cm³/mol. The molecule has 1 N–H and O–H groups in total. The average Bonchev–Trinajstić information content (AvgIpc) is 3.34. The number of amides is 1. The number of hydrogen-bond donors (Lipinski definition) is 1. The van der Waals surface area contributed by atoms with E-state index in [0.29, 0.717) is 42.8 Å². The molecule has 0 unspecified atom stereocenters. The molecule has 1 atom stereocenters. The Kier molecular flexibility index (Phi) is 10.2. The maximum atomic E-state index is 12.8. The van der Waals surface area contributed by atoms with E-state index in [2.05, 4.69) is 39.1 Å². The Balaban J connectivity index is 1.50. The molecule has 2 heterocycles. The van der Waals surface area contributed by atoms with E-state index < -0.39 is 0 Å². The molecule has 1 fully saturated rings. The largest absolute Gasteiger partial charge is 0.493 e. The third-order valence-corrected chi connectivity index (χ3v) is 6.35. The van der Waals surface area contributed by atoms with Gasteiger partial charge in [0.05, 0.1) is 26.7 Å². The van der Waals surface area contributed by atoms with Crippen LogP contribution in [-0.2, 0) is 11.3 Å². The van der Waals surface area contributed by atoms with Crippen molar-refractivity contribution in [2.45, 2.75) is 46.1 Å². The lowest BCUT2D eigenvalue weighted by Crippen LogP contribution is -2.44. The summed E-state index contributed by atoms with van der Waals surface area (Å²) in [4.78, 5) is 21.9. The van der Waals surface area contributed by atoms with Crippen molar-refractivity contribution >= 4 is 5.91 Å². The smallest absolute Gasteiger partial charge is 0.241 e. The fourth-order valence-corrected chi connectivity index (χ4v) is 4.31. The molecule has 2 aromatic rings. The van der Waals surface area contributed by atoms with Crippen molar-refractivity contribution < 1.29 is 18.8 Å². The molecule has 1 amide bonds. The molecule has 0 saturated carbocycles. The summed E-state index contributed by atoms with van der Waals surface area (Å²) in [5.74, 6) is 2.45. The minimum Gasteiger partial charge on any atom is -0.493 e. The number of aromatic nitrogens is 2. The Hall–Kier alpha value is -2.65. The van der Waals surface area contributed by atoms with E-state index in [0.717, 1.165) is 44.6 Å². The quantitative estimate of drug-likeness (QED) is 0.474. The van der Waals surface area contributed by atoms with Gasteiger partial charge in [0.1, 0.15) is 0 Å². The van der Waals surface area contributed by atoms with E-state index in [1.54, 1.807) is 14.2 Å². The van der Waals surface area contributed by atoms with Gasteiger partial charge in [-0.2, -0.15) is 4.98 Å². The van der Waals surface area contributed by atoms with Gasteiger partial charge in [0.25, 0.3) is 0 Å². The minimum absolute atomic E-state index is 0.00675. The van der Waals surface area contributed by atoms with Crippen molar-refractivity contribution in [3.63, 3.8) is 0 Å². The number of nitrogens with one attached hydrogen (secondary N) is 1. The molecule has 9 heteroatoms. The van der Waals surface area contributed by atoms with Crippen molar-refractivity contribution in [1.82, 2.24) is 25.3 Å². The molecule has 1 saturated heterocycles. The van der Waals surface area contributed by atoms with Gasteiger partial charge in [-0.15, -0.1) is 0 Å². The molecule has 0 radical (unpaired) electrons. The average molecular weight is 474 g/mol. The first-order chi connectivity index (χ1) is 16.6. The van der Waals surface area contributed by atoms with Gasteiger partial charge < -0.3 is 24.2 Å². The third-order valence-electron chi connectivity index (χ3n) is 6.35. The van der Waals surface area contributed by atoms with E-state index in [-0.39, 0.29) is 11.8 Å². The van der Waals surface area contributed by atoms with Crippen LogP contribution in [0.5, 0.6) is 11.5 Å². The zero-order valence-corrected chi connectivity index (χ0v) is 21.0. The zero-order chi connectivity index (χ0) is 24.3. The Morgan fingerprint density at radius 2 is 2.06 bits per heavy atom. The second-order valence-corrected chi connectivity index (χ2v) is 8.73. The van der Waals surface area contributed by atoms with Crippen molar-refractivity contribution in [3.05, 3.63) is 24.1 Å². The van der Waals surface area contributed by atoms with Crippen LogP contribution in [0.1, 0.15) is 45.4 Å². The number of carbonyl (C=O) groups excluding carboxylic acids is 1. The molecule has 34 heavy (non-hydrogen) atoms. The summed E-state index contributed by atoms with van der Waals surface area (Å²) in [7, 11) is 3.20. The Morgan fingerprint density at radius 1 is 1.24 bits per heavy atom. The number of nitrogens with zero attached hydrogens (tertiary/aromatic N) is 4. The van der Waals surface area contributed by atoms with E-state index in [4.69, 9.17) is 14.0 Å². The maximum absolute atomic E-state index is 12.8. The first-order valence-corrected chi connectivity index (χ1v) is 12.3. The number of likely N-dealkylation sites (tertiary alicyclic amines) is 1. The first kappa shape index (κ1) is 26.0. The number of hydrogen-bond acceptors (Lipinski definition) is 8. The van der Waals surface area contributed by atoms with Crippen LogP contribution >= 0.6 is 0 Å². The highest BCUT2D eigenvalue weighted by Crippen LogP contribution is 2.31. The highest BCUT2D eigenvalue weighted by atomic mass is 16.5. The molecular weight excluding hydrogens is 434 g/mol. The van der Waals surface area contributed by atoms with Crippen molar-refractivity contribution in [2.24, 2.45) is 5.92 Å². The number of piperidine rings is 1. The van der Waals surface area contributed by atoms with Crippen LogP contribution in [0.15, 0.2) is 22.7 Å². The number of ether oxygens (including phenoxy) is 2. The summed E-state index contributed by atoms with van der Waals surface area (Å²) in [6.45, 7) is 10.2. The number of rotatable bonds is 13. The number of likely N-dealkylation sites (N-methyl/N-ethyl adjacent to an activating group) is 1. The van der Waals surface area contributed by atoms with Gasteiger partial charge in [-0.25, -0.2) is 0 Å². The van der Waals surface area contributed by atoms with Gasteiger partial charge in [-0.3, -0.25) is 9.69 Å². The van der Waals surface area contributed by atoms with Crippen LogP contribution < -0.4 is 14.8 Å². The molecule has 1 aliphatic heterocycles. The number of unbranched alkanes of at least 4 members (excludes halogenated alkanes) is 1. The van der Waals surface area contributed by atoms with Crippen LogP contribution in [0.25, 0.3) is 11.4 Å². The van der Waals surface area contributed by atoms with Crippen LogP contribution in [0, 0.1) is 5.92 Å². The van der Waals surface area contributed by atoms with E-state index in [9.17, 15) is 4.79 Å². The Labute approximate surface area is 202 Å². The highest BCUT2D eigenvalue weighted by Gasteiger charge is 2.27. The standard InChI is InChI=1S/C25H39N5O4/c1-5-7-13-29(6-2)15-12-26-25(31)20-9-8-14-30(17-20)18-23-27-24(28-34-23)19-10-11-21(32-3)22(16-19)33-4/h10-11,16,20H,5-9,12-15,17-18H2,1-4H3,(H,26,31)/t20-/m1/s1. The molecule has 0 spiro atoms. The second-order valence-electron chi connectivity index (χ2n) is 8.73. The van der Waals surface area contributed by atoms with Crippen LogP contribution in [0.2, 0.25) is 0 Å². The minimum atomic E-state index is -0.00675. The topological polar surface area (TPSA) is 93.0 Å². The summed E-state index contributed by atoms with van der Waals surface area (Å²) >= 11 is 0. The van der Waals surface area contributed by atoms with E-state index in [1.807, 2.05) is 18.2 Å². The molecule has 0 aliphatic carbocycles. The predicted octanol–water partition coefficient (Wildman–Crippen LogP) is 3.20. The van der Waals surface area contributed by atoms with Crippen molar-refractivity contribution in [3.8, 4) is 22.9 Å². The summed E-state index contributed by atoms with van der Waals surface area (Å²) in [6.07, 6.45) is 4.28. The fourth-order valence-electron chi connectivity index (χ4n) is 4.31. The van der Waals surface area contributed by atoms with Gasteiger partial charge in [0.2, 0.25) is 17.6 Å². The summed E-state index contributed by atoms with van der Waals surface area (Å²) < 4.78 is 16.2. The molecular formula is C25H39N5O4. The highest BCUT2D eigenvalue weighted by molar-refractivity contribution is 5.78. The molecule has 1 aliphatic rings. The molecule has 3 rings (SSSR count). The lowest BCUT2D eigenvalue weighted by Gasteiger charge is -2.31. The molecule has 9 nitrogen and oxygen atoms in total. The maximum Gasteiger partial charge on any atom is 0.241 e. The summed E-state index contributed by atoms with van der Waals surface area (Å²) in [5.41, 5.74) is 0.795. The molecule has 1 aromatic heterocycles. The molecule has 1 aromatic carbocycles. The third kappa shape index (κ3) is 7.17. The lowest BCUT2D eigenvalue weighted by molar-refractivity contribution is -0.126. The zero-order valence-electron chi connectivity index (χ0n) is 21.0. The second kappa shape index (κ2) is 13.3. The first-order valence-electron chi connectivity index (χ1n) is 12.3. The Morgan fingerprint density at radius 3 is 2.79 bits per heavy atom. The number of methoxy groups -OCH3 is 2. The van der Waals surface area contributed by atoms with Crippen LogP contribution in [0.3, 0.4) is 0 Å². The molecule has 0 bridgehead atoms. The molecule has 188 valence electrons. The summed E-state index contributed by atoms with van der Waals surface area (Å²) in [6, 6.07) is 5.53. The number of benzene rings is 1. The lowest BCUT2D eigenvalue weighted by atomic mass is 9.97. The van der Waals surface area contributed by atoms with E-state index in [1.165, 1.54) is 12.8 Å². The van der Waals surface area contributed by atoms with Gasteiger partial charge >= 0.3 is 0 Å². The van der Waals surface area contributed by atoms with Gasteiger partial charge in [-0.1, -0.05) is 25.4 Å². The van der Waals surface area contributed by atoms with Gasteiger partial charge in [0.15, 0.2) is 11.5 Å². The van der Waals surface area contributed by atoms with Crippen LogP contribution in [0.4, 0.5) is 0 Å². The normalized spacial score (nSPS) is 16.6. The van der Waals surface area contributed by atoms with Gasteiger partial charge in [-0.05, 0) is 57.1 Å². The fraction of sp³-hybridized carbons (Fsp3) is 0.640. The van der Waals surface area contributed by atoms with Gasteiger partial charge in [0, 0.05) is 25.2 Å². The number of carbonyl (C=O) groups is 1. The van der Waals surface area contributed by atoms with E-state index >= 15 is 0 Å². The monoisotopic (exact) mass is 473 g/mol. The summed E-state index contributed by atoms with van der Waals surface area (Å²) in [5, 5.41) is 7.27. The van der Waals surface area contributed by atoms with Crippen molar-refractivity contribution in [1.29, 1.82) is 0 Å². The van der Waals surface area contributed by atoms with Crippen molar-refractivity contribution in [2.75, 3.05) is 53.5 Å². The SMILES string of the molecule is CCCCN(CC)CCNC(=O)[C@@H]1CCCN(Cc2nc(-c3ccc(OC)c(OC)c3)no2)C1.